The molecule has 1 rings (SSSR count). The zero-order valence-corrected chi connectivity index (χ0v) is 6.26. The fraction of sp³-hybridized carbons (Fsp3) is 1.00. The van der Waals surface area contributed by atoms with Gasteiger partial charge in [0.25, 0.3) is 0 Å². The molecule has 3 atom stereocenters. The highest BCUT2D eigenvalue weighted by Crippen LogP contribution is 2.25. The first-order valence-corrected chi connectivity index (χ1v) is 3.42. The first kappa shape index (κ1) is 7.03. The fourth-order valence-corrected chi connectivity index (χ4v) is 1.34. The molecule has 0 saturated carbocycles. The van der Waals surface area contributed by atoms with Crippen LogP contribution in [0.1, 0.15) is 20.3 Å². The van der Waals surface area contributed by atoms with E-state index in [0.717, 1.165) is 6.42 Å². The Balaban J connectivity index is 2.38. The molecule has 1 aliphatic heterocycles. The molecular formula is C7H14O2. The highest BCUT2D eigenvalue weighted by molar-refractivity contribution is 4.70. The van der Waals surface area contributed by atoms with E-state index in [2.05, 4.69) is 13.8 Å². The average Bonchev–Trinajstić information content (AvgIpc) is 2.10. The van der Waals surface area contributed by atoms with Crippen LogP contribution in [0.5, 0.6) is 0 Å². The van der Waals surface area contributed by atoms with Crippen molar-refractivity contribution in [3.05, 3.63) is 0 Å². The van der Waals surface area contributed by atoms with E-state index in [0.29, 0.717) is 12.0 Å². The van der Waals surface area contributed by atoms with Gasteiger partial charge < -0.3 is 9.47 Å². The molecule has 0 aromatic heterocycles. The third-order valence-corrected chi connectivity index (χ3v) is 1.77. The third-order valence-electron chi connectivity index (χ3n) is 1.77. The van der Waals surface area contributed by atoms with Crippen LogP contribution >= 0.6 is 0 Å². The van der Waals surface area contributed by atoms with Crippen LogP contribution in [-0.2, 0) is 9.47 Å². The smallest absolute Gasteiger partial charge is 0.160 e. The van der Waals surface area contributed by atoms with Gasteiger partial charge in [-0.25, -0.2) is 0 Å². The van der Waals surface area contributed by atoms with E-state index in [4.69, 9.17) is 9.47 Å². The fourth-order valence-electron chi connectivity index (χ4n) is 1.34. The van der Waals surface area contributed by atoms with Crippen molar-refractivity contribution < 1.29 is 9.47 Å². The minimum absolute atomic E-state index is 0.0417. The topological polar surface area (TPSA) is 18.5 Å². The summed E-state index contributed by atoms with van der Waals surface area (Å²) in [6.07, 6.45) is 1.54. The molecule has 1 fully saturated rings. The lowest BCUT2D eigenvalue weighted by Gasteiger charge is -2.11. The van der Waals surface area contributed by atoms with Gasteiger partial charge in [0, 0.05) is 13.0 Å². The summed E-state index contributed by atoms with van der Waals surface area (Å²) in [5, 5.41) is 0. The van der Waals surface area contributed by atoms with Crippen molar-refractivity contribution >= 4 is 0 Å². The van der Waals surface area contributed by atoms with Crippen LogP contribution in [0.4, 0.5) is 0 Å². The predicted molar refractivity (Wildman–Crippen MR) is 35.1 cm³/mol. The molecule has 0 aromatic rings. The number of ether oxygens (including phenoxy) is 2. The number of hydrogen-bond donors (Lipinski definition) is 0. The molecule has 0 aromatic carbocycles. The summed E-state index contributed by atoms with van der Waals surface area (Å²) in [6.45, 7) is 4.23. The Morgan fingerprint density at radius 1 is 1.44 bits per heavy atom. The van der Waals surface area contributed by atoms with E-state index >= 15 is 0 Å². The molecule has 0 bridgehead atoms. The number of methoxy groups -OCH3 is 1. The molecule has 54 valence electrons. The second kappa shape index (κ2) is 2.67. The lowest BCUT2D eigenvalue weighted by Crippen LogP contribution is -2.15. The maximum atomic E-state index is 5.40. The van der Waals surface area contributed by atoms with Gasteiger partial charge in [0.1, 0.15) is 0 Å². The summed E-state index contributed by atoms with van der Waals surface area (Å²) in [5.41, 5.74) is 0. The van der Waals surface area contributed by atoms with Gasteiger partial charge >= 0.3 is 0 Å². The molecule has 2 nitrogen and oxygen atoms in total. The van der Waals surface area contributed by atoms with Crippen molar-refractivity contribution in [3.63, 3.8) is 0 Å². The maximum absolute atomic E-state index is 5.40. The highest BCUT2D eigenvalue weighted by Gasteiger charge is 2.28. The van der Waals surface area contributed by atoms with Crippen molar-refractivity contribution in [1.82, 2.24) is 0 Å². The Morgan fingerprint density at radius 2 is 2.11 bits per heavy atom. The van der Waals surface area contributed by atoms with Gasteiger partial charge in [-0.05, 0) is 13.3 Å². The van der Waals surface area contributed by atoms with Crippen LogP contribution < -0.4 is 0 Å². The van der Waals surface area contributed by atoms with Gasteiger partial charge in [0.05, 0.1) is 6.10 Å². The third kappa shape index (κ3) is 1.43. The molecular weight excluding hydrogens is 116 g/mol. The average molecular weight is 130 g/mol. The zero-order valence-electron chi connectivity index (χ0n) is 6.26. The molecule has 3 unspecified atom stereocenters. The summed E-state index contributed by atoms with van der Waals surface area (Å²) < 4.78 is 10.5. The number of rotatable bonds is 1. The van der Waals surface area contributed by atoms with E-state index in [1.807, 2.05) is 0 Å². The second-order valence-corrected chi connectivity index (χ2v) is 2.76. The van der Waals surface area contributed by atoms with Gasteiger partial charge in [0.2, 0.25) is 0 Å². The van der Waals surface area contributed by atoms with E-state index < -0.39 is 0 Å². The molecule has 9 heavy (non-hydrogen) atoms. The van der Waals surface area contributed by atoms with Crippen LogP contribution in [-0.4, -0.2) is 19.5 Å². The van der Waals surface area contributed by atoms with E-state index in [-0.39, 0.29) is 6.29 Å². The van der Waals surface area contributed by atoms with Gasteiger partial charge in [-0.3, -0.25) is 0 Å². The standard InChI is InChI=1S/C7H14O2/c1-5-4-6(2)9-7(5)8-3/h5-7H,4H2,1-3H3. The van der Waals surface area contributed by atoms with Crippen molar-refractivity contribution in [2.45, 2.75) is 32.7 Å². The quantitative estimate of drug-likeness (QED) is 0.534. The maximum Gasteiger partial charge on any atom is 0.160 e. The minimum Gasteiger partial charge on any atom is -0.356 e. The lowest BCUT2D eigenvalue weighted by molar-refractivity contribution is -0.125. The first-order valence-electron chi connectivity index (χ1n) is 3.42. The second-order valence-electron chi connectivity index (χ2n) is 2.76. The monoisotopic (exact) mass is 130 g/mol. The lowest BCUT2D eigenvalue weighted by atomic mass is 10.1. The summed E-state index contributed by atoms with van der Waals surface area (Å²) in [6, 6.07) is 0. The Hall–Kier alpha value is -0.0800. The highest BCUT2D eigenvalue weighted by atomic mass is 16.7. The van der Waals surface area contributed by atoms with Crippen molar-refractivity contribution in [2.24, 2.45) is 5.92 Å². The molecule has 2 heteroatoms. The molecule has 1 heterocycles. The van der Waals surface area contributed by atoms with Crippen molar-refractivity contribution in [2.75, 3.05) is 7.11 Å². The minimum atomic E-state index is 0.0417. The Morgan fingerprint density at radius 3 is 2.33 bits per heavy atom. The Labute approximate surface area is 56.2 Å². The van der Waals surface area contributed by atoms with Gasteiger partial charge in [-0.2, -0.15) is 0 Å². The molecule has 0 spiro atoms. The van der Waals surface area contributed by atoms with Gasteiger partial charge in [0.15, 0.2) is 6.29 Å². The summed E-state index contributed by atoms with van der Waals surface area (Å²) in [7, 11) is 1.69. The van der Waals surface area contributed by atoms with Crippen LogP contribution in [0.15, 0.2) is 0 Å². The molecule has 0 aliphatic carbocycles. The largest absolute Gasteiger partial charge is 0.356 e. The van der Waals surface area contributed by atoms with Crippen LogP contribution in [0, 0.1) is 5.92 Å². The predicted octanol–water partition coefficient (Wildman–Crippen LogP) is 1.40. The van der Waals surface area contributed by atoms with Crippen LogP contribution in [0.25, 0.3) is 0 Å². The van der Waals surface area contributed by atoms with Gasteiger partial charge in [-0.1, -0.05) is 6.92 Å². The molecule has 1 saturated heterocycles. The van der Waals surface area contributed by atoms with Crippen molar-refractivity contribution in [3.8, 4) is 0 Å². The summed E-state index contributed by atoms with van der Waals surface area (Å²) in [5.74, 6) is 0.560. The Kier molecular flexibility index (Phi) is 2.09. The van der Waals surface area contributed by atoms with E-state index in [1.165, 1.54) is 0 Å². The van der Waals surface area contributed by atoms with Crippen molar-refractivity contribution in [1.29, 1.82) is 0 Å². The van der Waals surface area contributed by atoms with Gasteiger partial charge in [-0.15, -0.1) is 0 Å². The molecule has 0 radical (unpaired) electrons. The summed E-state index contributed by atoms with van der Waals surface area (Å²) in [4.78, 5) is 0. The Bertz CT molecular complexity index is 92.9. The van der Waals surface area contributed by atoms with Crippen LogP contribution in [0.2, 0.25) is 0 Å². The van der Waals surface area contributed by atoms with Crippen LogP contribution in [0.3, 0.4) is 0 Å². The normalized spacial score (nSPS) is 43.7. The zero-order chi connectivity index (χ0) is 6.85. The molecule has 1 aliphatic rings. The van der Waals surface area contributed by atoms with E-state index in [9.17, 15) is 0 Å². The molecule has 0 amide bonds. The number of hydrogen-bond acceptors (Lipinski definition) is 2. The SMILES string of the molecule is COC1OC(C)CC1C. The van der Waals surface area contributed by atoms with E-state index in [1.54, 1.807) is 7.11 Å². The summed E-state index contributed by atoms with van der Waals surface area (Å²) >= 11 is 0. The molecule has 0 N–H and O–H groups in total. The first-order chi connectivity index (χ1) is 4.24.